The van der Waals surface area contributed by atoms with Gasteiger partial charge in [-0.25, -0.2) is 0 Å². The lowest BCUT2D eigenvalue weighted by molar-refractivity contribution is -0.121. The molecule has 0 fully saturated rings. The highest BCUT2D eigenvalue weighted by Gasteiger charge is 2.22. The molecule has 1 aromatic heterocycles. The third-order valence-corrected chi connectivity index (χ3v) is 2.67. The number of anilines is 2. The lowest BCUT2D eigenvalue weighted by atomic mass is 10.1. The second kappa shape index (κ2) is 4.75. The maximum Gasteiger partial charge on any atom is 0.228 e. The van der Waals surface area contributed by atoms with Crippen LogP contribution in [0, 0.1) is 6.92 Å². The fraction of sp³-hybridized carbons (Fsp3) is 0.636. The summed E-state index contributed by atoms with van der Waals surface area (Å²) in [5.41, 5.74) is 6.52. The first-order chi connectivity index (χ1) is 7.76. The Morgan fingerprint density at radius 3 is 2.59 bits per heavy atom. The van der Waals surface area contributed by atoms with E-state index >= 15 is 0 Å². The lowest BCUT2D eigenvalue weighted by Crippen LogP contribution is -2.30. The summed E-state index contributed by atoms with van der Waals surface area (Å²) in [4.78, 5) is 11.8. The molecule has 1 rings (SSSR count). The van der Waals surface area contributed by atoms with Gasteiger partial charge in [0, 0.05) is 14.2 Å². The summed E-state index contributed by atoms with van der Waals surface area (Å²) in [5.74, 6) is 0.381. The van der Waals surface area contributed by atoms with E-state index < -0.39 is 5.60 Å². The minimum atomic E-state index is -0.494. The summed E-state index contributed by atoms with van der Waals surface area (Å²) in [7, 11) is 3.32. The number of amides is 1. The first-order valence-corrected chi connectivity index (χ1v) is 5.41. The number of ether oxygens (including phenoxy) is 1. The Balaban J connectivity index is 2.75. The van der Waals surface area contributed by atoms with E-state index in [1.165, 1.54) is 0 Å². The van der Waals surface area contributed by atoms with Crippen molar-refractivity contribution >= 4 is 17.4 Å². The summed E-state index contributed by atoms with van der Waals surface area (Å²) in [6.07, 6.45) is 0.257. The molecule has 1 amide bonds. The number of nitrogens with one attached hydrogen (secondary N) is 1. The van der Waals surface area contributed by atoms with Gasteiger partial charge in [0.05, 0.1) is 23.4 Å². The van der Waals surface area contributed by atoms with Gasteiger partial charge in [-0.15, -0.1) is 0 Å². The molecule has 0 unspecified atom stereocenters. The van der Waals surface area contributed by atoms with Crippen LogP contribution in [-0.2, 0) is 16.6 Å². The van der Waals surface area contributed by atoms with Crippen LogP contribution in [0.1, 0.15) is 26.0 Å². The van der Waals surface area contributed by atoms with Crippen molar-refractivity contribution in [3.63, 3.8) is 0 Å². The molecule has 0 bridgehead atoms. The van der Waals surface area contributed by atoms with Gasteiger partial charge in [-0.2, -0.15) is 5.10 Å². The number of nitrogen functional groups attached to an aromatic ring is 1. The molecule has 0 saturated heterocycles. The maximum absolute atomic E-state index is 11.8. The Hall–Kier alpha value is -1.56. The molecule has 0 saturated carbocycles. The molecular weight excluding hydrogens is 220 g/mol. The molecule has 3 N–H and O–H groups in total. The molecule has 0 radical (unpaired) electrons. The molecule has 0 atom stereocenters. The van der Waals surface area contributed by atoms with Gasteiger partial charge in [0.25, 0.3) is 0 Å². The van der Waals surface area contributed by atoms with Crippen LogP contribution >= 0.6 is 0 Å². The smallest absolute Gasteiger partial charge is 0.228 e. The summed E-state index contributed by atoms with van der Waals surface area (Å²) < 4.78 is 6.76. The van der Waals surface area contributed by atoms with E-state index in [2.05, 4.69) is 10.4 Å². The summed E-state index contributed by atoms with van der Waals surface area (Å²) in [5, 5.41) is 6.87. The van der Waals surface area contributed by atoms with Crippen molar-refractivity contribution in [1.82, 2.24) is 9.78 Å². The highest BCUT2D eigenvalue weighted by molar-refractivity contribution is 5.93. The Morgan fingerprint density at radius 2 is 2.18 bits per heavy atom. The van der Waals surface area contributed by atoms with Crippen LogP contribution in [0.25, 0.3) is 0 Å². The summed E-state index contributed by atoms with van der Waals surface area (Å²) in [6, 6.07) is 0. The number of rotatable bonds is 4. The molecule has 0 spiro atoms. The van der Waals surface area contributed by atoms with Crippen molar-refractivity contribution in [2.45, 2.75) is 32.8 Å². The van der Waals surface area contributed by atoms with Gasteiger partial charge in [0.15, 0.2) is 5.82 Å². The molecule has 0 aromatic carbocycles. The number of nitrogens with two attached hydrogens (primary N) is 1. The molecular formula is C11H20N4O2. The zero-order valence-electron chi connectivity index (χ0n) is 11.0. The molecule has 96 valence electrons. The van der Waals surface area contributed by atoms with Gasteiger partial charge >= 0.3 is 0 Å². The monoisotopic (exact) mass is 240 g/mol. The Morgan fingerprint density at radius 1 is 1.59 bits per heavy atom. The van der Waals surface area contributed by atoms with Crippen LogP contribution in [0.15, 0.2) is 0 Å². The second-order valence-electron chi connectivity index (χ2n) is 4.66. The number of carbonyl (C=O) groups excluding carboxylic acids is 1. The fourth-order valence-corrected chi connectivity index (χ4v) is 1.46. The number of hydrogen-bond donors (Lipinski definition) is 2. The van der Waals surface area contributed by atoms with Gasteiger partial charge in [0.1, 0.15) is 0 Å². The average molecular weight is 240 g/mol. The van der Waals surface area contributed by atoms with Crippen molar-refractivity contribution in [1.29, 1.82) is 0 Å². The van der Waals surface area contributed by atoms with E-state index in [0.717, 1.165) is 0 Å². The van der Waals surface area contributed by atoms with E-state index in [4.69, 9.17) is 10.5 Å². The fourth-order valence-electron chi connectivity index (χ4n) is 1.46. The highest BCUT2D eigenvalue weighted by Crippen LogP contribution is 2.22. The van der Waals surface area contributed by atoms with Gasteiger partial charge in [0.2, 0.25) is 5.91 Å². The first-order valence-electron chi connectivity index (χ1n) is 5.41. The van der Waals surface area contributed by atoms with E-state index in [1.807, 2.05) is 13.8 Å². The number of aromatic nitrogens is 2. The number of aryl methyl sites for hydroxylation is 2. The number of hydrogen-bond acceptors (Lipinski definition) is 4. The highest BCUT2D eigenvalue weighted by atomic mass is 16.5. The van der Waals surface area contributed by atoms with Crippen molar-refractivity contribution in [3.8, 4) is 0 Å². The van der Waals surface area contributed by atoms with Crippen LogP contribution in [0.5, 0.6) is 0 Å². The van der Waals surface area contributed by atoms with Crippen molar-refractivity contribution in [2.75, 3.05) is 18.2 Å². The lowest BCUT2D eigenvalue weighted by Gasteiger charge is -2.21. The molecule has 6 heteroatoms. The number of nitrogens with zero attached hydrogens (tertiary/aromatic N) is 2. The van der Waals surface area contributed by atoms with Crippen LogP contribution in [-0.4, -0.2) is 28.4 Å². The van der Waals surface area contributed by atoms with E-state index in [1.54, 1.807) is 25.8 Å². The Bertz CT molecular complexity index is 423. The normalized spacial score (nSPS) is 11.6. The van der Waals surface area contributed by atoms with E-state index in [-0.39, 0.29) is 12.3 Å². The largest absolute Gasteiger partial charge is 0.394 e. The molecule has 1 aromatic rings. The quantitative estimate of drug-likeness (QED) is 0.824. The predicted octanol–water partition coefficient (Wildman–Crippen LogP) is 1.06. The molecule has 1 heterocycles. The van der Waals surface area contributed by atoms with E-state index in [0.29, 0.717) is 17.2 Å². The number of carbonyl (C=O) groups is 1. The van der Waals surface area contributed by atoms with Gasteiger partial charge in [-0.1, -0.05) is 0 Å². The minimum absolute atomic E-state index is 0.147. The van der Waals surface area contributed by atoms with Gasteiger partial charge in [-0.05, 0) is 20.8 Å². The molecule has 17 heavy (non-hydrogen) atoms. The van der Waals surface area contributed by atoms with Crippen molar-refractivity contribution < 1.29 is 9.53 Å². The zero-order valence-corrected chi connectivity index (χ0v) is 11.0. The minimum Gasteiger partial charge on any atom is -0.394 e. The van der Waals surface area contributed by atoms with Crippen LogP contribution < -0.4 is 11.1 Å². The second-order valence-corrected chi connectivity index (χ2v) is 4.66. The Labute approximate surface area is 101 Å². The number of methoxy groups -OCH3 is 1. The SMILES string of the molecule is COC(C)(C)CC(=O)Nc1c(N)c(C)nn1C. The molecule has 0 aliphatic heterocycles. The standard InChI is InChI=1S/C11H20N4O2/c1-7-9(12)10(15(4)14-7)13-8(16)6-11(2,3)17-5/h6,12H2,1-5H3,(H,13,16). The van der Waals surface area contributed by atoms with Gasteiger partial charge in [-0.3, -0.25) is 9.48 Å². The summed E-state index contributed by atoms with van der Waals surface area (Å²) in [6.45, 7) is 5.50. The third kappa shape index (κ3) is 3.20. The van der Waals surface area contributed by atoms with Crippen LogP contribution in [0.4, 0.5) is 11.5 Å². The molecule has 0 aliphatic carbocycles. The Kier molecular flexibility index (Phi) is 3.77. The molecule has 0 aliphatic rings. The average Bonchev–Trinajstić information content (AvgIpc) is 2.44. The predicted molar refractivity (Wildman–Crippen MR) is 66.7 cm³/mol. The topological polar surface area (TPSA) is 82.2 Å². The van der Waals surface area contributed by atoms with Gasteiger partial charge < -0.3 is 15.8 Å². The maximum atomic E-state index is 11.8. The molecule has 6 nitrogen and oxygen atoms in total. The van der Waals surface area contributed by atoms with Crippen molar-refractivity contribution in [3.05, 3.63) is 5.69 Å². The first kappa shape index (κ1) is 13.5. The van der Waals surface area contributed by atoms with Crippen molar-refractivity contribution in [2.24, 2.45) is 7.05 Å². The summed E-state index contributed by atoms with van der Waals surface area (Å²) >= 11 is 0. The van der Waals surface area contributed by atoms with Crippen LogP contribution in [0.3, 0.4) is 0 Å². The zero-order chi connectivity index (χ0) is 13.2. The third-order valence-electron chi connectivity index (χ3n) is 2.67. The van der Waals surface area contributed by atoms with E-state index in [9.17, 15) is 4.79 Å². The van der Waals surface area contributed by atoms with Crippen LogP contribution in [0.2, 0.25) is 0 Å².